The van der Waals surface area contributed by atoms with Crippen LogP contribution < -0.4 is 15.8 Å². The molecule has 188 valence electrons. The Hall–Kier alpha value is -3.38. The van der Waals surface area contributed by atoms with Crippen molar-refractivity contribution in [1.29, 1.82) is 0 Å². The summed E-state index contributed by atoms with van der Waals surface area (Å²) in [6, 6.07) is 3.88. The number of aromatic nitrogens is 2. The maximum Gasteiger partial charge on any atom is 0.336 e. The van der Waals surface area contributed by atoms with Gasteiger partial charge in [0.1, 0.15) is 11.5 Å². The van der Waals surface area contributed by atoms with Gasteiger partial charge in [-0.1, -0.05) is 6.07 Å². The summed E-state index contributed by atoms with van der Waals surface area (Å²) in [6.07, 6.45) is 3.47. The normalized spacial score (nSPS) is 19.5. The van der Waals surface area contributed by atoms with Gasteiger partial charge in [0.2, 0.25) is 0 Å². The van der Waals surface area contributed by atoms with E-state index in [-0.39, 0.29) is 28.9 Å². The molecule has 0 amide bonds. The minimum Gasteiger partial charge on any atom is -0.467 e. The molecule has 11 nitrogen and oxygen atoms in total. The fraction of sp³-hybridized carbons (Fsp3) is 0.435. The number of thioether (sulfide) groups is 1. The van der Waals surface area contributed by atoms with Gasteiger partial charge < -0.3 is 19.1 Å². The highest BCUT2D eigenvalue weighted by atomic mass is 32.2. The van der Waals surface area contributed by atoms with E-state index < -0.39 is 35.0 Å². The Kier molecular flexibility index (Phi) is 7.86. The van der Waals surface area contributed by atoms with Crippen molar-refractivity contribution in [1.82, 2.24) is 14.7 Å². The van der Waals surface area contributed by atoms with Crippen molar-refractivity contribution in [3.63, 3.8) is 0 Å². The van der Waals surface area contributed by atoms with Gasteiger partial charge >= 0.3 is 17.9 Å². The number of hydrogen-bond acceptors (Lipinski definition) is 11. The van der Waals surface area contributed by atoms with Crippen LogP contribution >= 0.6 is 11.8 Å². The summed E-state index contributed by atoms with van der Waals surface area (Å²) in [7, 11) is 6.88. The van der Waals surface area contributed by atoms with Crippen molar-refractivity contribution < 1.29 is 28.6 Å². The highest BCUT2D eigenvalue weighted by Gasteiger charge is 2.57. The van der Waals surface area contributed by atoms with E-state index in [0.717, 1.165) is 14.2 Å². The number of fused-ring (bicyclic) bond motifs is 1. The first kappa shape index (κ1) is 26.2. The molecule has 35 heavy (non-hydrogen) atoms. The molecule has 1 aliphatic rings. The molecule has 0 fully saturated rings. The number of nitrogens with one attached hydrogen (secondary N) is 1. The zero-order valence-corrected chi connectivity index (χ0v) is 21.2. The lowest BCUT2D eigenvalue weighted by Crippen LogP contribution is -2.54. The maximum atomic E-state index is 13.8. The SMILES string of the molecule is COC(=O)C1=C(C(=O)OC)[C@@](CCSC)(C(=O)OC)N[C@H]1c1c(N(C)C)nc2ccccn2c1=O. The van der Waals surface area contributed by atoms with Crippen LogP contribution in [0, 0.1) is 0 Å². The van der Waals surface area contributed by atoms with Gasteiger partial charge in [0.15, 0.2) is 5.54 Å². The number of anilines is 1. The molecule has 0 spiro atoms. The van der Waals surface area contributed by atoms with Crippen LogP contribution in [0.3, 0.4) is 0 Å². The molecule has 0 unspecified atom stereocenters. The molecule has 3 rings (SSSR count). The lowest BCUT2D eigenvalue weighted by Gasteiger charge is -2.30. The number of esters is 3. The molecule has 0 bridgehead atoms. The highest BCUT2D eigenvalue weighted by Crippen LogP contribution is 2.43. The second kappa shape index (κ2) is 10.5. The summed E-state index contributed by atoms with van der Waals surface area (Å²) < 4.78 is 16.4. The molecule has 1 N–H and O–H groups in total. The number of rotatable bonds is 8. The second-order valence-corrected chi connectivity index (χ2v) is 8.95. The molecule has 2 aromatic rings. The Bertz CT molecular complexity index is 1260. The van der Waals surface area contributed by atoms with Crippen molar-refractivity contribution in [3.05, 3.63) is 51.5 Å². The van der Waals surface area contributed by atoms with Crippen LogP contribution in [0.25, 0.3) is 5.65 Å². The minimum absolute atomic E-state index is 0.0652. The van der Waals surface area contributed by atoms with E-state index >= 15 is 0 Å². The Morgan fingerprint density at radius 1 is 1.14 bits per heavy atom. The minimum atomic E-state index is -1.76. The van der Waals surface area contributed by atoms with Gasteiger partial charge in [-0.25, -0.2) is 19.4 Å². The molecular formula is C23H28N4O7S. The van der Waals surface area contributed by atoms with E-state index in [0.29, 0.717) is 11.4 Å². The molecule has 2 atom stereocenters. The first-order valence-corrected chi connectivity index (χ1v) is 12.0. The van der Waals surface area contributed by atoms with E-state index in [9.17, 15) is 19.2 Å². The fourth-order valence-electron chi connectivity index (χ4n) is 4.27. The summed E-state index contributed by atoms with van der Waals surface area (Å²) in [5, 5.41) is 3.09. The number of carbonyl (C=O) groups excluding carboxylic acids is 3. The predicted octanol–water partition coefficient (Wildman–Crippen LogP) is 0.712. The van der Waals surface area contributed by atoms with E-state index in [4.69, 9.17) is 14.2 Å². The Morgan fingerprint density at radius 3 is 2.40 bits per heavy atom. The average Bonchev–Trinajstić information content (AvgIpc) is 3.21. The van der Waals surface area contributed by atoms with Crippen LogP contribution in [0.2, 0.25) is 0 Å². The number of nitrogens with zero attached hydrogens (tertiary/aromatic N) is 3. The van der Waals surface area contributed by atoms with Crippen molar-refractivity contribution in [2.45, 2.75) is 18.0 Å². The van der Waals surface area contributed by atoms with E-state index in [1.807, 2.05) is 6.26 Å². The Labute approximate surface area is 206 Å². The van der Waals surface area contributed by atoms with Crippen LogP contribution in [0.4, 0.5) is 5.82 Å². The van der Waals surface area contributed by atoms with Crippen LogP contribution in [-0.4, -0.2) is 80.3 Å². The fourth-order valence-corrected chi connectivity index (χ4v) is 4.78. The third kappa shape index (κ3) is 4.39. The largest absolute Gasteiger partial charge is 0.467 e. The standard InChI is InChI=1S/C23H28N4O7S/c1-26(2)18-15(19(28)27-11-8-7-9-13(27)24-18)17-14(20(29)32-3)16(21(30)33-4)23(25-17,10-12-35-6)22(31)34-5/h7-9,11,17,25H,10,12H2,1-6H3/t17-,23+/m1/s1. The monoisotopic (exact) mass is 504 g/mol. The van der Waals surface area contributed by atoms with Gasteiger partial charge in [-0.15, -0.1) is 0 Å². The Balaban J connectivity index is 2.46. The molecule has 3 heterocycles. The molecule has 0 aliphatic carbocycles. The summed E-state index contributed by atoms with van der Waals surface area (Å²) in [5.41, 5.74) is -2.24. The molecular weight excluding hydrogens is 476 g/mol. The number of hydrogen-bond donors (Lipinski definition) is 1. The Morgan fingerprint density at radius 2 is 1.83 bits per heavy atom. The molecule has 0 aromatic carbocycles. The summed E-state index contributed by atoms with van der Waals surface area (Å²) >= 11 is 1.44. The van der Waals surface area contributed by atoms with Crippen LogP contribution in [-0.2, 0) is 28.6 Å². The van der Waals surface area contributed by atoms with Gasteiger partial charge in [0, 0.05) is 20.3 Å². The predicted molar refractivity (Wildman–Crippen MR) is 130 cm³/mol. The first-order valence-electron chi connectivity index (χ1n) is 10.6. The molecule has 0 saturated carbocycles. The third-order valence-corrected chi connectivity index (χ3v) is 6.46. The molecule has 12 heteroatoms. The van der Waals surface area contributed by atoms with Gasteiger partial charge in [-0.2, -0.15) is 11.8 Å². The maximum absolute atomic E-state index is 13.8. The van der Waals surface area contributed by atoms with Gasteiger partial charge in [-0.3, -0.25) is 14.5 Å². The van der Waals surface area contributed by atoms with Crippen LogP contribution in [0.1, 0.15) is 18.0 Å². The zero-order valence-electron chi connectivity index (χ0n) is 20.4. The van der Waals surface area contributed by atoms with Gasteiger partial charge in [-0.05, 0) is 30.6 Å². The van der Waals surface area contributed by atoms with Crippen LogP contribution in [0.5, 0.6) is 0 Å². The average molecular weight is 505 g/mol. The van der Waals surface area contributed by atoms with E-state index in [1.165, 1.54) is 23.3 Å². The number of carbonyl (C=O) groups is 3. The first-order chi connectivity index (χ1) is 16.7. The van der Waals surface area contributed by atoms with Crippen molar-refractivity contribution in [2.75, 3.05) is 52.3 Å². The van der Waals surface area contributed by atoms with Gasteiger partial charge in [0.05, 0.1) is 44.1 Å². The lowest BCUT2D eigenvalue weighted by atomic mass is 9.86. The quantitative estimate of drug-likeness (QED) is 0.403. The number of methoxy groups -OCH3 is 3. The smallest absolute Gasteiger partial charge is 0.336 e. The van der Waals surface area contributed by atoms with Gasteiger partial charge in [0.25, 0.3) is 5.56 Å². The number of ether oxygens (including phenoxy) is 3. The van der Waals surface area contributed by atoms with E-state index in [1.54, 1.807) is 43.4 Å². The highest BCUT2D eigenvalue weighted by molar-refractivity contribution is 7.98. The van der Waals surface area contributed by atoms with Crippen molar-refractivity contribution in [3.8, 4) is 0 Å². The van der Waals surface area contributed by atoms with Crippen molar-refractivity contribution in [2.24, 2.45) is 0 Å². The topological polar surface area (TPSA) is 129 Å². The summed E-state index contributed by atoms with van der Waals surface area (Å²) in [6.45, 7) is 0. The molecule has 1 aliphatic heterocycles. The van der Waals surface area contributed by atoms with Crippen LogP contribution in [0.15, 0.2) is 40.3 Å². The third-order valence-electron chi connectivity index (χ3n) is 5.85. The molecule has 0 radical (unpaired) electrons. The molecule has 0 saturated heterocycles. The summed E-state index contributed by atoms with van der Waals surface area (Å²) in [4.78, 5) is 59.4. The lowest BCUT2D eigenvalue weighted by molar-refractivity contribution is -0.150. The van der Waals surface area contributed by atoms with Crippen molar-refractivity contribution >= 4 is 41.1 Å². The zero-order chi connectivity index (χ0) is 25.9. The summed E-state index contributed by atoms with van der Waals surface area (Å²) in [5.74, 6) is -1.91. The van der Waals surface area contributed by atoms with E-state index in [2.05, 4.69) is 10.3 Å². The second-order valence-electron chi connectivity index (χ2n) is 7.97. The molecule has 2 aromatic heterocycles. The number of pyridine rings is 1.